The summed E-state index contributed by atoms with van der Waals surface area (Å²) >= 11 is 0. The summed E-state index contributed by atoms with van der Waals surface area (Å²) in [5.74, 6) is 0. The molecule has 0 atom stereocenters. The topological polar surface area (TPSA) is 33.3 Å². The maximum Gasteiger partial charge on any atom is 0.416 e. The van der Waals surface area contributed by atoms with Gasteiger partial charge in [0.1, 0.15) is 0 Å². The van der Waals surface area contributed by atoms with Crippen molar-refractivity contribution in [3.8, 4) is 0 Å². The van der Waals surface area contributed by atoms with Gasteiger partial charge in [0.2, 0.25) is 0 Å². The first-order chi connectivity index (χ1) is 7.04. The minimum atomic E-state index is -4.31. The molecule has 0 aliphatic carbocycles. The Bertz CT molecular complexity index is 314. The maximum absolute atomic E-state index is 12.3. The van der Waals surface area contributed by atoms with Gasteiger partial charge in [0.15, 0.2) is 0 Å². The molecule has 0 spiro atoms. The monoisotopic (exact) mass is 220 g/mol. The Labute approximate surface area is 85.2 Å². The van der Waals surface area contributed by atoms with Crippen LogP contribution in [-0.2, 0) is 11.0 Å². The minimum absolute atomic E-state index is 0.234. The molecule has 15 heavy (non-hydrogen) atoms. The predicted octanol–water partition coefficient (Wildman–Crippen LogP) is 2.23. The van der Waals surface area contributed by atoms with E-state index in [4.69, 9.17) is 0 Å². The summed E-state index contributed by atoms with van der Waals surface area (Å²) in [5.41, 5.74) is 2.17. The van der Waals surface area contributed by atoms with E-state index in [1.165, 1.54) is 13.2 Å². The predicted molar refractivity (Wildman–Crippen MR) is 50.1 cm³/mol. The van der Waals surface area contributed by atoms with Crippen molar-refractivity contribution in [1.82, 2.24) is 5.48 Å². The van der Waals surface area contributed by atoms with Crippen molar-refractivity contribution in [3.05, 3.63) is 29.8 Å². The lowest BCUT2D eigenvalue weighted by molar-refractivity contribution is -0.137. The smallest absolute Gasteiger partial charge is 0.371 e. The highest BCUT2D eigenvalue weighted by molar-refractivity contribution is 5.46. The van der Waals surface area contributed by atoms with Crippen molar-refractivity contribution in [1.29, 1.82) is 0 Å². The van der Waals surface area contributed by atoms with E-state index in [-0.39, 0.29) is 6.67 Å². The molecule has 1 aromatic carbocycles. The van der Waals surface area contributed by atoms with Gasteiger partial charge in [-0.25, -0.2) is 0 Å². The molecule has 0 saturated heterocycles. The number of hydrogen-bond donors (Lipinski definition) is 2. The molecule has 0 fully saturated rings. The molecule has 0 bridgehead atoms. The van der Waals surface area contributed by atoms with E-state index < -0.39 is 11.7 Å². The van der Waals surface area contributed by atoms with Crippen molar-refractivity contribution in [2.45, 2.75) is 6.18 Å². The molecule has 0 radical (unpaired) electrons. The van der Waals surface area contributed by atoms with Crippen LogP contribution in [0.25, 0.3) is 0 Å². The third-order valence-corrected chi connectivity index (χ3v) is 1.70. The highest BCUT2D eigenvalue weighted by atomic mass is 19.4. The highest BCUT2D eigenvalue weighted by Crippen LogP contribution is 2.30. The van der Waals surface area contributed by atoms with Crippen LogP contribution in [0.4, 0.5) is 18.9 Å². The molecule has 0 amide bonds. The quantitative estimate of drug-likeness (QED) is 0.463. The van der Waals surface area contributed by atoms with Gasteiger partial charge >= 0.3 is 6.18 Å². The fourth-order valence-corrected chi connectivity index (χ4v) is 1.02. The van der Waals surface area contributed by atoms with Gasteiger partial charge in [0.25, 0.3) is 0 Å². The Kier molecular flexibility index (Phi) is 3.93. The van der Waals surface area contributed by atoms with Crippen LogP contribution >= 0.6 is 0 Å². The van der Waals surface area contributed by atoms with Gasteiger partial charge in [-0.2, -0.15) is 18.7 Å². The minimum Gasteiger partial charge on any atom is -0.371 e. The molecule has 1 aromatic rings. The first kappa shape index (κ1) is 11.8. The van der Waals surface area contributed by atoms with Crippen LogP contribution in [0.3, 0.4) is 0 Å². The van der Waals surface area contributed by atoms with E-state index in [2.05, 4.69) is 15.6 Å². The van der Waals surface area contributed by atoms with Crippen LogP contribution in [0.1, 0.15) is 5.56 Å². The molecule has 0 heterocycles. The summed E-state index contributed by atoms with van der Waals surface area (Å²) in [6, 6.07) is 4.96. The number of rotatable bonds is 4. The summed E-state index contributed by atoms with van der Waals surface area (Å²) in [7, 11) is 1.42. The zero-order chi connectivity index (χ0) is 11.3. The SMILES string of the molecule is CONCNc1cccc(C(F)(F)F)c1. The van der Waals surface area contributed by atoms with E-state index in [1.807, 2.05) is 0 Å². The summed E-state index contributed by atoms with van der Waals surface area (Å²) in [6.07, 6.45) is -4.31. The number of anilines is 1. The van der Waals surface area contributed by atoms with Crippen LogP contribution < -0.4 is 10.8 Å². The Hall–Kier alpha value is -1.27. The van der Waals surface area contributed by atoms with Gasteiger partial charge in [-0.1, -0.05) is 6.07 Å². The third-order valence-electron chi connectivity index (χ3n) is 1.70. The summed E-state index contributed by atoms with van der Waals surface area (Å²) < 4.78 is 36.9. The Balaban J connectivity index is 2.66. The Morgan fingerprint density at radius 1 is 1.33 bits per heavy atom. The van der Waals surface area contributed by atoms with Crippen molar-refractivity contribution >= 4 is 5.69 Å². The van der Waals surface area contributed by atoms with Crippen molar-refractivity contribution < 1.29 is 18.0 Å². The molecular formula is C9H11F3N2O. The number of halogens is 3. The number of hydroxylamine groups is 1. The second kappa shape index (κ2) is 4.99. The zero-order valence-corrected chi connectivity index (χ0v) is 8.06. The van der Waals surface area contributed by atoms with Crippen LogP contribution in [0, 0.1) is 0 Å². The highest BCUT2D eigenvalue weighted by Gasteiger charge is 2.30. The van der Waals surface area contributed by atoms with Gasteiger partial charge in [-0.05, 0) is 18.2 Å². The van der Waals surface area contributed by atoms with E-state index in [1.54, 1.807) is 6.07 Å². The van der Waals surface area contributed by atoms with E-state index >= 15 is 0 Å². The molecule has 1 rings (SSSR count). The van der Waals surface area contributed by atoms with Gasteiger partial charge in [0.05, 0.1) is 19.3 Å². The average Bonchev–Trinajstić information content (AvgIpc) is 2.17. The molecule has 3 nitrogen and oxygen atoms in total. The second-order valence-electron chi connectivity index (χ2n) is 2.78. The molecule has 0 saturated carbocycles. The van der Waals surface area contributed by atoms with Crippen molar-refractivity contribution in [3.63, 3.8) is 0 Å². The van der Waals surface area contributed by atoms with Gasteiger partial charge in [0, 0.05) is 5.69 Å². The molecular weight excluding hydrogens is 209 g/mol. The standard InChI is InChI=1S/C9H11F3N2O/c1-15-14-6-13-8-4-2-3-7(5-8)9(10,11)12/h2-5,13-14H,6H2,1H3. The van der Waals surface area contributed by atoms with Crippen LogP contribution in [0.2, 0.25) is 0 Å². The van der Waals surface area contributed by atoms with Gasteiger partial charge in [-0.15, -0.1) is 0 Å². The number of benzene rings is 1. The lowest BCUT2D eigenvalue weighted by Crippen LogP contribution is -2.20. The summed E-state index contributed by atoms with van der Waals surface area (Å²) in [5, 5.41) is 2.72. The van der Waals surface area contributed by atoms with E-state index in [0.29, 0.717) is 5.69 Å². The Morgan fingerprint density at radius 3 is 2.67 bits per heavy atom. The summed E-state index contributed by atoms with van der Waals surface area (Å²) in [6.45, 7) is 0.234. The van der Waals surface area contributed by atoms with E-state index in [0.717, 1.165) is 12.1 Å². The second-order valence-corrected chi connectivity index (χ2v) is 2.78. The average molecular weight is 220 g/mol. The molecule has 0 aliphatic rings. The van der Waals surface area contributed by atoms with Crippen LogP contribution in [0.5, 0.6) is 0 Å². The molecule has 0 unspecified atom stereocenters. The lowest BCUT2D eigenvalue weighted by Gasteiger charge is -2.10. The zero-order valence-electron chi connectivity index (χ0n) is 8.06. The molecule has 84 valence electrons. The summed E-state index contributed by atoms with van der Waals surface area (Å²) in [4.78, 5) is 4.53. The first-order valence-corrected chi connectivity index (χ1v) is 4.21. The van der Waals surface area contributed by atoms with Crippen molar-refractivity contribution in [2.24, 2.45) is 0 Å². The maximum atomic E-state index is 12.3. The largest absolute Gasteiger partial charge is 0.416 e. The van der Waals surface area contributed by atoms with Gasteiger partial charge in [-0.3, -0.25) is 0 Å². The van der Waals surface area contributed by atoms with Crippen molar-refractivity contribution in [2.75, 3.05) is 19.1 Å². The normalized spacial score (nSPS) is 11.5. The molecule has 0 aliphatic heterocycles. The molecule has 0 aromatic heterocycles. The molecule has 6 heteroatoms. The van der Waals surface area contributed by atoms with Crippen LogP contribution in [-0.4, -0.2) is 13.8 Å². The fraction of sp³-hybridized carbons (Fsp3) is 0.333. The van der Waals surface area contributed by atoms with Crippen LogP contribution in [0.15, 0.2) is 24.3 Å². The first-order valence-electron chi connectivity index (χ1n) is 4.21. The lowest BCUT2D eigenvalue weighted by atomic mass is 10.2. The fourth-order valence-electron chi connectivity index (χ4n) is 1.02. The Morgan fingerprint density at radius 2 is 2.07 bits per heavy atom. The third kappa shape index (κ3) is 3.77. The molecule has 2 N–H and O–H groups in total. The van der Waals surface area contributed by atoms with Gasteiger partial charge < -0.3 is 10.2 Å². The number of hydrogen-bond acceptors (Lipinski definition) is 3. The number of alkyl halides is 3. The van der Waals surface area contributed by atoms with E-state index in [9.17, 15) is 13.2 Å². The number of nitrogens with one attached hydrogen (secondary N) is 2.